The molecule has 0 fully saturated rings. The number of para-hydroxylation sites is 1. The normalized spacial score (nSPS) is 11.1. The van der Waals surface area contributed by atoms with Crippen molar-refractivity contribution < 1.29 is 17.9 Å². The molecular formula is C21H20N2O4S. The van der Waals surface area contributed by atoms with E-state index < -0.39 is 10.0 Å². The number of rotatable bonds is 5. The molecule has 28 heavy (non-hydrogen) atoms. The Kier molecular flexibility index (Phi) is 5.48. The topological polar surface area (TPSA) is 98.5 Å². The number of anilines is 1. The van der Waals surface area contributed by atoms with Crippen LogP contribution in [0.15, 0.2) is 71.6 Å². The molecule has 7 heteroatoms. The van der Waals surface area contributed by atoms with E-state index in [1.54, 1.807) is 38.1 Å². The summed E-state index contributed by atoms with van der Waals surface area (Å²) in [5.41, 5.74) is 2.25. The van der Waals surface area contributed by atoms with E-state index in [0.717, 1.165) is 5.56 Å². The molecule has 0 aliphatic carbocycles. The Hall–Kier alpha value is -3.16. The second-order valence-electron chi connectivity index (χ2n) is 6.35. The minimum Gasteiger partial charge on any atom is -0.457 e. The van der Waals surface area contributed by atoms with Gasteiger partial charge in [-0.3, -0.25) is 4.79 Å². The molecule has 0 atom stereocenters. The van der Waals surface area contributed by atoms with Gasteiger partial charge in [0.05, 0.1) is 4.90 Å². The van der Waals surface area contributed by atoms with E-state index in [4.69, 9.17) is 9.88 Å². The van der Waals surface area contributed by atoms with Gasteiger partial charge in [-0.05, 0) is 67.4 Å². The Morgan fingerprint density at radius 3 is 2.29 bits per heavy atom. The first-order valence-corrected chi connectivity index (χ1v) is 10.1. The fourth-order valence-corrected chi connectivity index (χ4v) is 3.26. The molecule has 0 spiro atoms. The standard InChI is InChI=1S/C21H20N2O4S/c1-14-11-19(28(22,25)26)13-20(15(14)2)23-21(24)16-7-6-10-18(12-16)27-17-8-4-3-5-9-17/h3-13H,1-2H3,(H,23,24)(H2,22,25,26). The van der Waals surface area contributed by atoms with Crippen molar-refractivity contribution in [1.29, 1.82) is 0 Å². The molecule has 0 saturated carbocycles. The minimum atomic E-state index is -3.88. The van der Waals surface area contributed by atoms with Gasteiger partial charge in [-0.15, -0.1) is 0 Å². The summed E-state index contributed by atoms with van der Waals surface area (Å²) in [6.45, 7) is 3.56. The van der Waals surface area contributed by atoms with Gasteiger partial charge in [-0.2, -0.15) is 0 Å². The first kappa shape index (κ1) is 19.6. The number of aryl methyl sites for hydroxylation is 1. The van der Waals surface area contributed by atoms with Gasteiger partial charge in [0.2, 0.25) is 10.0 Å². The van der Waals surface area contributed by atoms with Crippen molar-refractivity contribution in [3.05, 3.63) is 83.4 Å². The Bertz CT molecular complexity index is 1130. The lowest BCUT2D eigenvalue weighted by atomic mass is 10.1. The number of hydrogen-bond donors (Lipinski definition) is 2. The third-order valence-electron chi connectivity index (χ3n) is 4.29. The molecule has 0 aliphatic heterocycles. The van der Waals surface area contributed by atoms with Crippen LogP contribution in [0.1, 0.15) is 21.5 Å². The molecule has 0 aliphatic rings. The quantitative estimate of drug-likeness (QED) is 0.681. The van der Waals surface area contributed by atoms with Gasteiger partial charge < -0.3 is 10.1 Å². The van der Waals surface area contributed by atoms with Gasteiger partial charge in [-0.25, -0.2) is 13.6 Å². The first-order valence-electron chi connectivity index (χ1n) is 8.52. The highest BCUT2D eigenvalue weighted by atomic mass is 32.2. The van der Waals surface area contributed by atoms with Crippen LogP contribution in [0, 0.1) is 13.8 Å². The van der Waals surface area contributed by atoms with E-state index in [1.807, 2.05) is 30.3 Å². The number of hydrogen-bond acceptors (Lipinski definition) is 4. The number of nitrogens with two attached hydrogens (primary N) is 1. The van der Waals surface area contributed by atoms with Crippen LogP contribution in [0.2, 0.25) is 0 Å². The Balaban J connectivity index is 1.86. The number of primary sulfonamides is 1. The van der Waals surface area contributed by atoms with E-state index in [2.05, 4.69) is 5.32 Å². The van der Waals surface area contributed by atoms with Crippen LogP contribution in [0.3, 0.4) is 0 Å². The third kappa shape index (κ3) is 4.57. The van der Waals surface area contributed by atoms with Crippen molar-refractivity contribution >= 4 is 21.6 Å². The number of ether oxygens (including phenoxy) is 1. The number of nitrogens with one attached hydrogen (secondary N) is 1. The smallest absolute Gasteiger partial charge is 0.255 e. The third-order valence-corrected chi connectivity index (χ3v) is 5.19. The maximum Gasteiger partial charge on any atom is 0.255 e. The van der Waals surface area contributed by atoms with Crippen molar-refractivity contribution in [2.24, 2.45) is 5.14 Å². The maximum absolute atomic E-state index is 12.7. The summed E-state index contributed by atoms with van der Waals surface area (Å²) in [4.78, 5) is 12.6. The number of sulfonamides is 1. The van der Waals surface area contributed by atoms with Crippen molar-refractivity contribution in [2.45, 2.75) is 18.7 Å². The zero-order valence-corrected chi connectivity index (χ0v) is 16.3. The Morgan fingerprint density at radius 1 is 0.929 bits per heavy atom. The molecule has 3 aromatic rings. The van der Waals surface area contributed by atoms with E-state index in [1.165, 1.54) is 12.1 Å². The maximum atomic E-state index is 12.7. The lowest BCUT2D eigenvalue weighted by Gasteiger charge is -2.13. The molecule has 0 radical (unpaired) electrons. The molecule has 3 rings (SSSR count). The summed E-state index contributed by atoms with van der Waals surface area (Å²) in [5.74, 6) is 0.796. The molecule has 6 nitrogen and oxygen atoms in total. The monoisotopic (exact) mass is 396 g/mol. The van der Waals surface area contributed by atoms with E-state index >= 15 is 0 Å². The van der Waals surface area contributed by atoms with Crippen molar-refractivity contribution in [3.8, 4) is 11.5 Å². The Labute approximate surface area is 164 Å². The minimum absolute atomic E-state index is 0.0490. The summed E-state index contributed by atoms with van der Waals surface area (Å²) in [6.07, 6.45) is 0. The van der Waals surface area contributed by atoms with Gasteiger partial charge in [-0.1, -0.05) is 24.3 Å². The van der Waals surface area contributed by atoms with Crippen LogP contribution in [-0.2, 0) is 10.0 Å². The SMILES string of the molecule is Cc1cc(S(N)(=O)=O)cc(NC(=O)c2cccc(Oc3ccccc3)c2)c1C. The molecule has 1 amide bonds. The van der Waals surface area contributed by atoms with Gasteiger partial charge in [0.1, 0.15) is 11.5 Å². The average Bonchev–Trinajstić information content (AvgIpc) is 2.65. The fraction of sp³-hybridized carbons (Fsp3) is 0.0952. The second-order valence-corrected chi connectivity index (χ2v) is 7.92. The molecule has 0 heterocycles. The average molecular weight is 396 g/mol. The zero-order valence-electron chi connectivity index (χ0n) is 15.5. The highest BCUT2D eigenvalue weighted by Crippen LogP contribution is 2.25. The summed E-state index contributed by atoms with van der Waals surface area (Å²) in [5, 5.41) is 7.98. The Morgan fingerprint density at radius 2 is 1.61 bits per heavy atom. The van der Waals surface area contributed by atoms with Crippen LogP contribution < -0.4 is 15.2 Å². The molecule has 0 saturated heterocycles. The number of benzene rings is 3. The van der Waals surface area contributed by atoms with E-state index in [0.29, 0.717) is 28.3 Å². The zero-order chi connectivity index (χ0) is 20.3. The van der Waals surface area contributed by atoms with Gasteiger partial charge in [0, 0.05) is 11.3 Å². The number of carbonyl (C=O) groups is 1. The predicted molar refractivity (Wildman–Crippen MR) is 108 cm³/mol. The summed E-state index contributed by atoms with van der Waals surface area (Å²) in [7, 11) is -3.88. The lowest BCUT2D eigenvalue weighted by molar-refractivity contribution is 0.102. The molecule has 3 N–H and O–H groups in total. The molecule has 0 bridgehead atoms. The summed E-state index contributed by atoms with van der Waals surface area (Å²) in [6, 6.07) is 18.8. The first-order chi connectivity index (χ1) is 13.2. The van der Waals surface area contributed by atoms with Crippen LogP contribution in [0.25, 0.3) is 0 Å². The molecule has 0 aromatic heterocycles. The summed E-state index contributed by atoms with van der Waals surface area (Å²) < 4.78 is 29.1. The van der Waals surface area contributed by atoms with Crippen molar-refractivity contribution in [3.63, 3.8) is 0 Å². The molecular weight excluding hydrogens is 376 g/mol. The van der Waals surface area contributed by atoms with Crippen molar-refractivity contribution in [2.75, 3.05) is 5.32 Å². The second kappa shape index (κ2) is 7.84. The van der Waals surface area contributed by atoms with Crippen LogP contribution in [0.4, 0.5) is 5.69 Å². The van der Waals surface area contributed by atoms with E-state index in [-0.39, 0.29) is 10.8 Å². The molecule has 0 unspecified atom stereocenters. The van der Waals surface area contributed by atoms with E-state index in [9.17, 15) is 13.2 Å². The van der Waals surface area contributed by atoms with Gasteiger partial charge in [0.25, 0.3) is 5.91 Å². The fourth-order valence-electron chi connectivity index (χ4n) is 2.64. The predicted octanol–water partition coefficient (Wildman–Crippen LogP) is 4.00. The number of carbonyl (C=O) groups excluding carboxylic acids is 1. The molecule has 144 valence electrons. The highest BCUT2D eigenvalue weighted by molar-refractivity contribution is 7.89. The van der Waals surface area contributed by atoms with Gasteiger partial charge in [0.15, 0.2) is 0 Å². The lowest BCUT2D eigenvalue weighted by Crippen LogP contribution is -2.16. The van der Waals surface area contributed by atoms with Crippen LogP contribution >= 0.6 is 0 Å². The summed E-state index contributed by atoms with van der Waals surface area (Å²) >= 11 is 0. The highest BCUT2D eigenvalue weighted by Gasteiger charge is 2.15. The molecule has 3 aromatic carbocycles. The van der Waals surface area contributed by atoms with Crippen LogP contribution in [0.5, 0.6) is 11.5 Å². The van der Waals surface area contributed by atoms with Gasteiger partial charge >= 0.3 is 0 Å². The largest absolute Gasteiger partial charge is 0.457 e. The number of amides is 1. The van der Waals surface area contributed by atoms with Crippen molar-refractivity contribution in [1.82, 2.24) is 0 Å². The van der Waals surface area contributed by atoms with Crippen LogP contribution in [-0.4, -0.2) is 14.3 Å².